The molecule has 21 heavy (non-hydrogen) atoms. The summed E-state index contributed by atoms with van der Waals surface area (Å²) in [7, 11) is 0. The fourth-order valence-corrected chi connectivity index (χ4v) is 1.71. The van der Waals surface area contributed by atoms with E-state index >= 15 is 0 Å². The van der Waals surface area contributed by atoms with Crippen molar-refractivity contribution >= 4 is 11.8 Å². The van der Waals surface area contributed by atoms with E-state index in [0.29, 0.717) is 6.61 Å². The highest BCUT2D eigenvalue weighted by atomic mass is 16.5. The monoisotopic (exact) mass is 288 g/mol. The van der Waals surface area contributed by atoms with E-state index in [0.717, 1.165) is 5.56 Å². The summed E-state index contributed by atoms with van der Waals surface area (Å²) >= 11 is 0. The van der Waals surface area contributed by atoms with Crippen molar-refractivity contribution < 1.29 is 23.5 Å². The highest BCUT2D eigenvalue weighted by molar-refractivity contribution is 5.96. The first-order valence-electron chi connectivity index (χ1n) is 6.62. The first kappa shape index (κ1) is 15.0. The second-order valence-corrected chi connectivity index (χ2v) is 4.29. The molecule has 0 saturated carbocycles. The highest BCUT2D eigenvalue weighted by Crippen LogP contribution is 2.11. The maximum absolute atomic E-state index is 11.9. The molecule has 0 amide bonds. The molecule has 0 aliphatic rings. The van der Waals surface area contributed by atoms with E-state index in [4.69, 9.17) is 13.9 Å². The average molecular weight is 288 g/mol. The lowest BCUT2D eigenvalue weighted by molar-refractivity contribution is 0.0485. The van der Waals surface area contributed by atoms with E-state index < -0.39 is 5.97 Å². The number of ether oxygens (including phenoxy) is 2. The van der Waals surface area contributed by atoms with Crippen LogP contribution >= 0.6 is 0 Å². The van der Waals surface area contributed by atoms with Crippen molar-refractivity contribution in [3.8, 4) is 0 Å². The second kappa shape index (κ2) is 7.40. The van der Waals surface area contributed by atoms with Crippen LogP contribution in [0.25, 0.3) is 0 Å². The van der Waals surface area contributed by atoms with Gasteiger partial charge in [-0.25, -0.2) is 4.79 Å². The zero-order valence-electron chi connectivity index (χ0n) is 11.7. The third kappa shape index (κ3) is 4.29. The summed E-state index contributed by atoms with van der Waals surface area (Å²) in [4.78, 5) is 23.3. The average Bonchev–Trinajstić information content (AvgIpc) is 2.98. The second-order valence-electron chi connectivity index (χ2n) is 4.29. The molecule has 0 aliphatic carbocycles. The van der Waals surface area contributed by atoms with Crippen LogP contribution in [0.5, 0.6) is 0 Å². The van der Waals surface area contributed by atoms with Crippen LogP contribution in [0.15, 0.2) is 46.9 Å². The van der Waals surface area contributed by atoms with Gasteiger partial charge in [0.05, 0.1) is 13.2 Å². The van der Waals surface area contributed by atoms with E-state index in [9.17, 15) is 9.59 Å². The highest BCUT2D eigenvalue weighted by Gasteiger charge is 2.16. The van der Waals surface area contributed by atoms with Gasteiger partial charge in [-0.05, 0) is 24.6 Å². The zero-order valence-corrected chi connectivity index (χ0v) is 11.7. The Morgan fingerprint density at radius 2 is 1.76 bits per heavy atom. The van der Waals surface area contributed by atoms with Crippen LogP contribution in [0.3, 0.4) is 0 Å². The van der Waals surface area contributed by atoms with Gasteiger partial charge in [0, 0.05) is 0 Å². The minimum atomic E-state index is -0.582. The molecular formula is C16H16O5. The SMILES string of the molecule is CCOC(=O)c1ccc(C(=O)COCc2ccccc2)o1. The molecule has 0 fully saturated rings. The van der Waals surface area contributed by atoms with Crippen LogP contribution in [0.1, 0.15) is 33.6 Å². The topological polar surface area (TPSA) is 65.7 Å². The lowest BCUT2D eigenvalue weighted by atomic mass is 10.2. The molecule has 110 valence electrons. The molecule has 5 heteroatoms. The summed E-state index contributed by atoms with van der Waals surface area (Å²) < 4.78 is 15.3. The van der Waals surface area contributed by atoms with E-state index in [2.05, 4.69) is 0 Å². The van der Waals surface area contributed by atoms with Crippen LogP contribution in [0, 0.1) is 0 Å². The number of rotatable bonds is 7. The Labute approximate surface area is 122 Å². The maximum Gasteiger partial charge on any atom is 0.374 e. The van der Waals surface area contributed by atoms with Crippen LogP contribution in [-0.2, 0) is 16.1 Å². The molecule has 2 aromatic rings. The van der Waals surface area contributed by atoms with Gasteiger partial charge < -0.3 is 13.9 Å². The Bertz CT molecular complexity index is 600. The Morgan fingerprint density at radius 3 is 2.48 bits per heavy atom. The molecule has 0 unspecified atom stereocenters. The van der Waals surface area contributed by atoms with E-state index in [1.54, 1.807) is 6.92 Å². The summed E-state index contributed by atoms with van der Waals surface area (Å²) in [6.07, 6.45) is 0. The van der Waals surface area contributed by atoms with Crippen molar-refractivity contribution in [3.05, 3.63) is 59.5 Å². The normalized spacial score (nSPS) is 10.3. The lowest BCUT2D eigenvalue weighted by Crippen LogP contribution is -2.08. The van der Waals surface area contributed by atoms with Crippen LogP contribution in [0.2, 0.25) is 0 Å². The van der Waals surface area contributed by atoms with Gasteiger partial charge in [-0.3, -0.25) is 4.79 Å². The molecular weight excluding hydrogens is 272 g/mol. The first-order chi connectivity index (χ1) is 10.2. The number of ketones is 1. The molecule has 5 nitrogen and oxygen atoms in total. The van der Waals surface area contributed by atoms with Crippen molar-refractivity contribution in [2.24, 2.45) is 0 Å². The van der Waals surface area contributed by atoms with Crippen LogP contribution < -0.4 is 0 Å². The molecule has 0 N–H and O–H groups in total. The summed E-state index contributed by atoms with van der Waals surface area (Å²) in [5.41, 5.74) is 0.983. The summed E-state index contributed by atoms with van der Waals surface area (Å²) in [5, 5.41) is 0. The maximum atomic E-state index is 11.9. The molecule has 0 bridgehead atoms. The number of Topliss-reactive ketones (excluding diaryl/α,β-unsaturated/α-hetero) is 1. The molecule has 2 rings (SSSR count). The van der Waals surface area contributed by atoms with Gasteiger partial charge in [0.2, 0.25) is 11.5 Å². The van der Waals surface area contributed by atoms with Crippen molar-refractivity contribution in [2.75, 3.05) is 13.2 Å². The smallest absolute Gasteiger partial charge is 0.374 e. The number of carbonyl (C=O) groups excluding carboxylic acids is 2. The number of hydrogen-bond donors (Lipinski definition) is 0. The first-order valence-corrected chi connectivity index (χ1v) is 6.62. The van der Waals surface area contributed by atoms with Crippen molar-refractivity contribution in [3.63, 3.8) is 0 Å². The fourth-order valence-electron chi connectivity index (χ4n) is 1.71. The van der Waals surface area contributed by atoms with Crippen molar-refractivity contribution in [2.45, 2.75) is 13.5 Å². The molecule has 1 heterocycles. The fraction of sp³-hybridized carbons (Fsp3) is 0.250. The van der Waals surface area contributed by atoms with Crippen LogP contribution in [0.4, 0.5) is 0 Å². The van der Waals surface area contributed by atoms with Gasteiger partial charge >= 0.3 is 5.97 Å². The van der Waals surface area contributed by atoms with Gasteiger partial charge in [-0.2, -0.15) is 0 Å². The van der Waals surface area contributed by atoms with E-state index in [-0.39, 0.29) is 30.5 Å². The third-order valence-corrected chi connectivity index (χ3v) is 2.70. The van der Waals surface area contributed by atoms with Gasteiger partial charge in [0.25, 0.3) is 0 Å². The van der Waals surface area contributed by atoms with Gasteiger partial charge in [-0.15, -0.1) is 0 Å². The molecule has 1 aromatic carbocycles. The van der Waals surface area contributed by atoms with Gasteiger partial charge in [0.15, 0.2) is 5.76 Å². The minimum Gasteiger partial charge on any atom is -0.460 e. The van der Waals surface area contributed by atoms with E-state index in [1.807, 2.05) is 30.3 Å². The van der Waals surface area contributed by atoms with Gasteiger partial charge in [-0.1, -0.05) is 30.3 Å². The van der Waals surface area contributed by atoms with Crippen molar-refractivity contribution in [1.29, 1.82) is 0 Å². The molecule has 0 saturated heterocycles. The summed E-state index contributed by atoms with van der Waals surface area (Å²) in [5.74, 6) is -0.794. The Hall–Kier alpha value is -2.40. The number of hydrogen-bond acceptors (Lipinski definition) is 5. The van der Waals surface area contributed by atoms with Crippen molar-refractivity contribution in [1.82, 2.24) is 0 Å². The molecule has 0 atom stereocenters. The predicted octanol–water partition coefficient (Wildman–Crippen LogP) is 2.86. The predicted molar refractivity (Wildman–Crippen MR) is 75.1 cm³/mol. The largest absolute Gasteiger partial charge is 0.460 e. The summed E-state index contributed by atoms with van der Waals surface area (Å²) in [6.45, 7) is 2.19. The standard InChI is InChI=1S/C16H16O5/c1-2-20-16(18)15-9-8-14(21-15)13(17)11-19-10-12-6-4-3-5-7-12/h3-9H,2,10-11H2,1H3. The number of esters is 1. The molecule has 0 spiro atoms. The molecule has 1 aromatic heterocycles. The minimum absolute atomic E-state index is 0.0169. The number of furan rings is 1. The zero-order chi connectivity index (χ0) is 15.1. The van der Waals surface area contributed by atoms with Crippen LogP contribution in [-0.4, -0.2) is 25.0 Å². The Balaban J connectivity index is 1.85. The quantitative estimate of drug-likeness (QED) is 0.579. The molecule has 0 radical (unpaired) electrons. The number of carbonyl (C=O) groups is 2. The number of benzene rings is 1. The van der Waals surface area contributed by atoms with Gasteiger partial charge in [0.1, 0.15) is 6.61 Å². The van der Waals surface area contributed by atoms with E-state index in [1.165, 1.54) is 12.1 Å². The summed E-state index contributed by atoms with van der Waals surface area (Å²) in [6, 6.07) is 12.4. The Kier molecular flexibility index (Phi) is 5.29. The molecule has 0 aliphatic heterocycles. The Morgan fingerprint density at radius 1 is 1.05 bits per heavy atom. The third-order valence-electron chi connectivity index (χ3n) is 2.70. The lowest BCUT2D eigenvalue weighted by Gasteiger charge is -2.02.